The average molecular weight is 569 g/mol. The van der Waals surface area contributed by atoms with E-state index in [0.29, 0.717) is 48.7 Å². The van der Waals surface area contributed by atoms with Gasteiger partial charge in [-0.25, -0.2) is 4.39 Å². The molecule has 0 bridgehead atoms. The van der Waals surface area contributed by atoms with Crippen molar-refractivity contribution in [3.05, 3.63) is 58.9 Å². The molecule has 4 rings (SSSR count). The van der Waals surface area contributed by atoms with Crippen LogP contribution in [0.4, 0.5) is 9.52 Å². The molecule has 40 heavy (non-hydrogen) atoms. The highest BCUT2D eigenvalue weighted by Gasteiger charge is 2.26. The maximum absolute atomic E-state index is 14.4. The van der Waals surface area contributed by atoms with E-state index in [2.05, 4.69) is 15.5 Å². The Kier molecular flexibility index (Phi) is 10.2. The molecule has 1 amide bonds. The predicted molar refractivity (Wildman–Crippen MR) is 155 cm³/mol. The molecule has 1 saturated carbocycles. The topological polar surface area (TPSA) is 105 Å². The number of unbranched alkanes of at least 4 members (excludes halogenated alkanes) is 1. The van der Waals surface area contributed by atoms with Crippen molar-refractivity contribution in [3.8, 4) is 16.3 Å². The van der Waals surface area contributed by atoms with Crippen LogP contribution in [0.25, 0.3) is 10.6 Å². The molecule has 2 N–H and O–H groups in total. The molecular weight excluding hydrogens is 531 g/mol. The summed E-state index contributed by atoms with van der Waals surface area (Å²) in [5.41, 5.74) is 2.84. The van der Waals surface area contributed by atoms with E-state index in [9.17, 15) is 14.0 Å². The summed E-state index contributed by atoms with van der Waals surface area (Å²) in [6.45, 7) is 7.64. The van der Waals surface area contributed by atoms with Gasteiger partial charge < -0.3 is 15.2 Å². The zero-order valence-electron chi connectivity index (χ0n) is 23.3. The third-order valence-electron chi connectivity index (χ3n) is 7.30. The van der Waals surface area contributed by atoms with Gasteiger partial charge in [0, 0.05) is 24.7 Å². The maximum Gasteiger partial charge on any atom is 0.306 e. The van der Waals surface area contributed by atoms with Crippen LogP contribution in [0, 0.1) is 25.6 Å². The lowest BCUT2D eigenvalue weighted by atomic mass is 9.86. The molecule has 10 heteroatoms. The van der Waals surface area contributed by atoms with Crippen LogP contribution in [-0.2, 0) is 4.79 Å². The van der Waals surface area contributed by atoms with Crippen molar-refractivity contribution in [1.82, 2.24) is 15.5 Å². The molecule has 1 heterocycles. The first-order chi connectivity index (χ1) is 19.3. The number of carbonyl (C=O) groups excluding carboxylic acids is 1. The van der Waals surface area contributed by atoms with Crippen LogP contribution in [0.15, 0.2) is 36.4 Å². The number of halogens is 1. The Hall–Kier alpha value is -3.37. The number of carboxylic acids is 1. The number of nitrogens with zero attached hydrogens (tertiary/aromatic N) is 3. The lowest BCUT2D eigenvalue weighted by Gasteiger charge is -2.27. The highest BCUT2D eigenvalue weighted by Crippen LogP contribution is 2.34. The van der Waals surface area contributed by atoms with Gasteiger partial charge in [-0.3, -0.25) is 14.5 Å². The number of ether oxygens (including phenoxy) is 1. The molecule has 0 unspecified atom stereocenters. The molecule has 1 aliphatic carbocycles. The van der Waals surface area contributed by atoms with Crippen LogP contribution in [-0.4, -0.2) is 52.9 Å². The van der Waals surface area contributed by atoms with Gasteiger partial charge in [-0.15, -0.1) is 10.2 Å². The number of benzene rings is 2. The summed E-state index contributed by atoms with van der Waals surface area (Å²) in [4.78, 5) is 25.9. The number of nitrogens with one attached hydrogen (secondary N) is 1. The fraction of sp³-hybridized carbons (Fsp3) is 0.467. The number of carboxylic acid groups (broad SMARTS) is 1. The van der Waals surface area contributed by atoms with E-state index in [0.717, 1.165) is 48.1 Å². The number of aryl methyl sites for hydroxylation is 2. The van der Waals surface area contributed by atoms with Gasteiger partial charge in [0.25, 0.3) is 5.91 Å². The third-order valence-corrected chi connectivity index (χ3v) is 8.29. The van der Waals surface area contributed by atoms with Gasteiger partial charge >= 0.3 is 5.97 Å². The Morgan fingerprint density at radius 2 is 1.82 bits per heavy atom. The van der Waals surface area contributed by atoms with Crippen LogP contribution in [0.5, 0.6) is 5.75 Å². The van der Waals surface area contributed by atoms with E-state index in [1.807, 2.05) is 32.9 Å². The van der Waals surface area contributed by atoms with Gasteiger partial charge in [0.15, 0.2) is 0 Å². The Labute approximate surface area is 238 Å². The molecule has 2 aromatic carbocycles. The quantitative estimate of drug-likeness (QED) is 0.258. The minimum atomic E-state index is -0.689. The standard InChI is InChI=1S/C30H37FN4O4S/c1-4-5-15-35(28(36)24-8-6-7-9-25(24)31)30-34-33-27(40-30)22-17-19(2)26(20(3)18-22)39-16-14-32-23-12-10-21(11-13-23)29(37)38/h6-9,17-18,21,23,32H,4-5,10-16H2,1-3H3,(H,37,38)/t21-,23+. The lowest BCUT2D eigenvalue weighted by Crippen LogP contribution is -2.37. The summed E-state index contributed by atoms with van der Waals surface area (Å²) in [6.07, 6.45) is 4.82. The van der Waals surface area contributed by atoms with Crippen molar-refractivity contribution in [1.29, 1.82) is 0 Å². The van der Waals surface area contributed by atoms with Crippen molar-refractivity contribution >= 4 is 28.3 Å². The number of aliphatic carboxylic acids is 1. The van der Waals surface area contributed by atoms with Gasteiger partial charge in [0.05, 0.1) is 11.5 Å². The molecule has 0 aliphatic heterocycles. The summed E-state index contributed by atoms with van der Waals surface area (Å²) in [6, 6.07) is 10.3. The van der Waals surface area contributed by atoms with Crippen LogP contribution in [0.2, 0.25) is 0 Å². The van der Waals surface area contributed by atoms with Gasteiger partial charge in [-0.1, -0.05) is 36.8 Å². The maximum atomic E-state index is 14.4. The van der Waals surface area contributed by atoms with Crippen LogP contribution < -0.4 is 15.0 Å². The number of hydrogen-bond donors (Lipinski definition) is 2. The second-order valence-corrected chi connectivity index (χ2v) is 11.3. The fourth-order valence-corrected chi connectivity index (χ4v) is 5.94. The number of amides is 1. The molecule has 0 spiro atoms. The van der Waals surface area contributed by atoms with Crippen LogP contribution in [0.3, 0.4) is 0 Å². The van der Waals surface area contributed by atoms with Crippen molar-refractivity contribution in [3.63, 3.8) is 0 Å². The zero-order valence-corrected chi connectivity index (χ0v) is 24.1. The highest BCUT2D eigenvalue weighted by atomic mass is 32.1. The monoisotopic (exact) mass is 568 g/mol. The fourth-order valence-electron chi connectivity index (χ4n) is 5.08. The Morgan fingerprint density at radius 3 is 2.48 bits per heavy atom. The molecule has 0 radical (unpaired) electrons. The molecule has 1 fully saturated rings. The van der Waals surface area contributed by atoms with Crippen molar-refractivity contribution in [2.24, 2.45) is 5.92 Å². The molecule has 214 valence electrons. The summed E-state index contributed by atoms with van der Waals surface area (Å²) in [5.74, 6) is -1.06. The number of rotatable bonds is 12. The molecular formula is C30H37FN4O4S. The van der Waals surface area contributed by atoms with Gasteiger partial charge in [0.2, 0.25) is 5.13 Å². The molecule has 3 aromatic rings. The van der Waals surface area contributed by atoms with Gasteiger partial charge in [-0.05, 0) is 81.3 Å². The van der Waals surface area contributed by atoms with Crippen molar-refractivity contribution in [2.75, 3.05) is 24.6 Å². The smallest absolute Gasteiger partial charge is 0.306 e. The van der Waals surface area contributed by atoms with Gasteiger partial charge in [-0.2, -0.15) is 0 Å². The Morgan fingerprint density at radius 1 is 1.12 bits per heavy atom. The van der Waals surface area contributed by atoms with E-state index in [1.54, 1.807) is 12.1 Å². The van der Waals surface area contributed by atoms with E-state index < -0.39 is 17.7 Å². The van der Waals surface area contributed by atoms with Gasteiger partial charge in [0.1, 0.15) is 23.2 Å². The second-order valence-electron chi connectivity index (χ2n) is 10.3. The average Bonchev–Trinajstić information content (AvgIpc) is 3.43. The first-order valence-corrected chi connectivity index (χ1v) is 14.7. The minimum Gasteiger partial charge on any atom is -0.492 e. The Balaban J connectivity index is 1.40. The Bertz CT molecular complexity index is 1300. The highest BCUT2D eigenvalue weighted by molar-refractivity contribution is 7.18. The predicted octanol–water partition coefficient (Wildman–Crippen LogP) is 6.02. The van der Waals surface area contributed by atoms with E-state index in [1.165, 1.54) is 28.4 Å². The second kappa shape index (κ2) is 13.8. The van der Waals surface area contributed by atoms with E-state index in [4.69, 9.17) is 9.84 Å². The minimum absolute atomic E-state index is 0.0194. The van der Waals surface area contributed by atoms with E-state index in [-0.39, 0.29) is 11.5 Å². The summed E-state index contributed by atoms with van der Waals surface area (Å²) in [5, 5.41) is 22.4. The first-order valence-electron chi connectivity index (χ1n) is 13.9. The van der Waals surface area contributed by atoms with Crippen molar-refractivity contribution < 1.29 is 23.8 Å². The molecule has 1 aromatic heterocycles. The first kappa shape index (κ1) is 29.6. The molecule has 8 nitrogen and oxygen atoms in total. The van der Waals surface area contributed by atoms with Crippen LogP contribution >= 0.6 is 11.3 Å². The molecule has 1 aliphatic rings. The number of carbonyl (C=O) groups is 2. The third kappa shape index (κ3) is 7.22. The number of anilines is 1. The lowest BCUT2D eigenvalue weighted by molar-refractivity contribution is -0.142. The number of aromatic nitrogens is 2. The van der Waals surface area contributed by atoms with Crippen LogP contribution in [0.1, 0.15) is 66.9 Å². The largest absolute Gasteiger partial charge is 0.492 e. The SMILES string of the molecule is CCCCN(C(=O)c1ccccc1F)c1nnc(-c2cc(C)c(OCCN[C@H]3CC[C@@H](C(=O)O)CC3)c(C)c2)s1. The summed E-state index contributed by atoms with van der Waals surface area (Å²) in [7, 11) is 0. The summed E-state index contributed by atoms with van der Waals surface area (Å²) < 4.78 is 20.5. The van der Waals surface area contributed by atoms with E-state index >= 15 is 0 Å². The normalized spacial score (nSPS) is 17.0. The summed E-state index contributed by atoms with van der Waals surface area (Å²) >= 11 is 1.31. The zero-order chi connectivity index (χ0) is 28.6. The van der Waals surface area contributed by atoms with Crippen molar-refractivity contribution in [2.45, 2.75) is 65.3 Å². The molecule has 0 atom stereocenters. The number of hydrogen-bond acceptors (Lipinski definition) is 7. The molecule has 0 saturated heterocycles.